The number of hydrogen-bond acceptors (Lipinski definition) is 5. The fourth-order valence-corrected chi connectivity index (χ4v) is 3.21. The summed E-state index contributed by atoms with van der Waals surface area (Å²) in [4.78, 5) is 24.8. The first kappa shape index (κ1) is 20.6. The molecular formula is C22H14Cl2N4O3. The third kappa shape index (κ3) is 4.91. The van der Waals surface area contributed by atoms with Crippen molar-refractivity contribution in [3.8, 4) is 11.5 Å². The van der Waals surface area contributed by atoms with E-state index in [0.717, 1.165) is 5.56 Å². The zero-order valence-electron chi connectivity index (χ0n) is 15.8. The first-order valence-corrected chi connectivity index (χ1v) is 9.82. The number of nitrogens with zero attached hydrogens (tertiary/aromatic N) is 2. The molecule has 1 heterocycles. The Hall–Kier alpha value is -3.68. The fraction of sp³-hybridized carbons (Fsp3) is 0. The maximum absolute atomic E-state index is 12.4. The Kier molecular flexibility index (Phi) is 5.97. The van der Waals surface area contributed by atoms with Crippen LogP contribution in [0.25, 0.3) is 11.5 Å². The highest BCUT2D eigenvalue weighted by atomic mass is 35.5. The molecule has 4 rings (SSSR count). The van der Waals surface area contributed by atoms with Gasteiger partial charge in [0.15, 0.2) is 0 Å². The molecule has 0 saturated carbocycles. The van der Waals surface area contributed by atoms with Crippen molar-refractivity contribution < 1.29 is 14.0 Å². The van der Waals surface area contributed by atoms with E-state index in [9.17, 15) is 9.59 Å². The van der Waals surface area contributed by atoms with Gasteiger partial charge >= 0.3 is 6.01 Å². The van der Waals surface area contributed by atoms with Gasteiger partial charge in [-0.2, -0.15) is 0 Å². The summed E-state index contributed by atoms with van der Waals surface area (Å²) < 4.78 is 5.47. The van der Waals surface area contributed by atoms with Gasteiger partial charge in [0.1, 0.15) is 0 Å². The molecule has 31 heavy (non-hydrogen) atoms. The topological polar surface area (TPSA) is 97.1 Å². The Labute approximate surface area is 187 Å². The van der Waals surface area contributed by atoms with Crippen molar-refractivity contribution in [2.24, 2.45) is 0 Å². The number of hydrogen-bond donors (Lipinski definition) is 2. The number of anilines is 2. The van der Waals surface area contributed by atoms with Gasteiger partial charge in [0, 0.05) is 21.8 Å². The zero-order valence-corrected chi connectivity index (χ0v) is 17.3. The molecule has 0 saturated heterocycles. The lowest BCUT2D eigenvalue weighted by Gasteiger charge is -2.08. The number of amides is 2. The minimum absolute atomic E-state index is 0.0152. The Morgan fingerprint density at radius 2 is 1.55 bits per heavy atom. The fourth-order valence-electron chi connectivity index (χ4n) is 2.72. The second kappa shape index (κ2) is 8.99. The minimum atomic E-state index is -0.429. The average Bonchev–Trinajstić information content (AvgIpc) is 3.23. The van der Waals surface area contributed by atoms with Gasteiger partial charge in [0.2, 0.25) is 5.89 Å². The summed E-state index contributed by atoms with van der Waals surface area (Å²) >= 11 is 11.9. The molecule has 2 N–H and O–H groups in total. The molecule has 1 aromatic heterocycles. The lowest BCUT2D eigenvalue weighted by Crippen LogP contribution is -2.14. The third-order valence-corrected chi connectivity index (χ3v) is 4.79. The lowest BCUT2D eigenvalue weighted by molar-refractivity contribution is 0.101. The van der Waals surface area contributed by atoms with Crippen molar-refractivity contribution in [2.45, 2.75) is 0 Å². The van der Waals surface area contributed by atoms with Crippen molar-refractivity contribution in [3.63, 3.8) is 0 Å². The number of benzene rings is 3. The Balaban J connectivity index is 1.40. The van der Waals surface area contributed by atoms with Crippen LogP contribution in [0.3, 0.4) is 0 Å². The highest BCUT2D eigenvalue weighted by molar-refractivity contribution is 6.37. The van der Waals surface area contributed by atoms with Crippen LogP contribution < -0.4 is 10.6 Å². The van der Waals surface area contributed by atoms with E-state index >= 15 is 0 Å². The molecule has 2 amide bonds. The van der Waals surface area contributed by atoms with Crippen LogP contribution in [0.1, 0.15) is 20.7 Å². The predicted molar refractivity (Wildman–Crippen MR) is 119 cm³/mol. The first-order chi connectivity index (χ1) is 15.0. The van der Waals surface area contributed by atoms with Gasteiger partial charge in [0.05, 0.1) is 10.6 Å². The second-order valence-corrected chi connectivity index (χ2v) is 7.23. The van der Waals surface area contributed by atoms with E-state index in [2.05, 4.69) is 20.8 Å². The summed E-state index contributed by atoms with van der Waals surface area (Å²) in [6.07, 6.45) is 0. The maximum Gasteiger partial charge on any atom is 0.322 e. The van der Waals surface area contributed by atoms with Crippen molar-refractivity contribution >= 4 is 46.7 Å². The zero-order chi connectivity index (χ0) is 21.8. The predicted octanol–water partition coefficient (Wildman–Crippen LogP) is 5.55. The number of carbonyl (C=O) groups is 2. The summed E-state index contributed by atoms with van der Waals surface area (Å²) in [7, 11) is 0. The van der Waals surface area contributed by atoms with E-state index in [4.69, 9.17) is 27.6 Å². The molecule has 0 spiro atoms. The number of nitrogens with one attached hydrogen (secondary N) is 2. The summed E-state index contributed by atoms with van der Waals surface area (Å²) in [5.74, 6) is -0.519. The van der Waals surface area contributed by atoms with E-state index in [1.807, 2.05) is 30.3 Å². The second-order valence-electron chi connectivity index (χ2n) is 6.39. The molecule has 3 aromatic carbocycles. The summed E-state index contributed by atoms with van der Waals surface area (Å²) in [6.45, 7) is 0. The van der Waals surface area contributed by atoms with E-state index < -0.39 is 11.8 Å². The van der Waals surface area contributed by atoms with E-state index in [-0.39, 0.29) is 11.0 Å². The quantitative estimate of drug-likeness (QED) is 0.413. The third-order valence-electron chi connectivity index (χ3n) is 4.25. The van der Waals surface area contributed by atoms with Gasteiger partial charge in [-0.05, 0) is 54.6 Å². The monoisotopic (exact) mass is 452 g/mol. The normalized spacial score (nSPS) is 10.5. The molecule has 4 aromatic rings. The van der Waals surface area contributed by atoms with Crippen LogP contribution in [0.2, 0.25) is 10.0 Å². The number of rotatable bonds is 5. The van der Waals surface area contributed by atoms with Gasteiger partial charge in [-0.25, -0.2) is 0 Å². The molecular weight excluding hydrogens is 439 g/mol. The van der Waals surface area contributed by atoms with Crippen molar-refractivity contribution in [2.75, 3.05) is 10.6 Å². The van der Waals surface area contributed by atoms with Gasteiger partial charge in [-0.3, -0.25) is 14.9 Å². The average molecular weight is 453 g/mol. The van der Waals surface area contributed by atoms with Crippen LogP contribution in [0, 0.1) is 0 Å². The van der Waals surface area contributed by atoms with Crippen LogP contribution >= 0.6 is 23.2 Å². The van der Waals surface area contributed by atoms with Crippen molar-refractivity contribution in [3.05, 3.63) is 94.0 Å². The molecule has 154 valence electrons. The molecule has 0 bridgehead atoms. The van der Waals surface area contributed by atoms with E-state index in [1.54, 1.807) is 30.3 Å². The van der Waals surface area contributed by atoms with Gasteiger partial charge in [-0.1, -0.05) is 46.5 Å². The van der Waals surface area contributed by atoms with Crippen LogP contribution in [-0.4, -0.2) is 22.0 Å². The molecule has 0 radical (unpaired) electrons. The number of halogens is 2. The van der Waals surface area contributed by atoms with Crippen LogP contribution in [-0.2, 0) is 0 Å². The minimum Gasteiger partial charge on any atom is -0.403 e. The highest BCUT2D eigenvalue weighted by Crippen LogP contribution is 2.23. The Bertz CT molecular complexity index is 1240. The number of carbonyl (C=O) groups excluding carboxylic acids is 2. The first-order valence-electron chi connectivity index (χ1n) is 9.06. The van der Waals surface area contributed by atoms with Gasteiger partial charge in [-0.15, -0.1) is 5.10 Å². The number of aromatic nitrogens is 2. The summed E-state index contributed by atoms with van der Waals surface area (Å²) in [5.41, 5.74) is 1.88. The maximum atomic E-state index is 12.4. The smallest absolute Gasteiger partial charge is 0.322 e. The summed E-state index contributed by atoms with van der Waals surface area (Å²) in [6, 6.07) is 20.1. The SMILES string of the molecule is O=C(Nc1nnc(-c2ccccc2)o1)c1ccc(NC(=O)c2ccc(Cl)cc2Cl)cc1. The molecule has 0 atom stereocenters. The van der Waals surface area contributed by atoms with Crippen molar-refractivity contribution in [1.82, 2.24) is 10.2 Å². The van der Waals surface area contributed by atoms with Crippen molar-refractivity contribution in [1.29, 1.82) is 0 Å². The van der Waals surface area contributed by atoms with Gasteiger partial charge in [0.25, 0.3) is 11.8 Å². The molecule has 0 aliphatic carbocycles. The molecule has 0 aliphatic rings. The van der Waals surface area contributed by atoms with E-state index in [0.29, 0.717) is 27.7 Å². The molecule has 0 fully saturated rings. The Morgan fingerprint density at radius 1 is 0.806 bits per heavy atom. The standard InChI is InChI=1S/C22H14Cl2N4O3/c23-15-8-11-17(18(24)12-15)20(30)25-16-9-6-13(7-10-16)19(29)26-22-28-27-21(31-22)14-4-2-1-3-5-14/h1-12H,(H,25,30)(H,26,28,29). The van der Waals surface area contributed by atoms with Crippen LogP contribution in [0.15, 0.2) is 77.2 Å². The van der Waals surface area contributed by atoms with Crippen LogP contribution in [0.5, 0.6) is 0 Å². The molecule has 0 aliphatic heterocycles. The molecule has 7 nitrogen and oxygen atoms in total. The molecule has 9 heteroatoms. The molecule has 0 unspecified atom stereocenters. The van der Waals surface area contributed by atoms with Gasteiger partial charge < -0.3 is 9.73 Å². The lowest BCUT2D eigenvalue weighted by atomic mass is 10.1. The summed E-state index contributed by atoms with van der Waals surface area (Å²) in [5, 5.41) is 13.7. The van der Waals surface area contributed by atoms with E-state index in [1.165, 1.54) is 12.1 Å². The Morgan fingerprint density at radius 3 is 2.26 bits per heavy atom. The largest absolute Gasteiger partial charge is 0.403 e. The van der Waals surface area contributed by atoms with Crippen LogP contribution in [0.4, 0.5) is 11.7 Å². The highest BCUT2D eigenvalue weighted by Gasteiger charge is 2.14.